The second-order valence-corrected chi connectivity index (χ2v) is 10.4. The minimum absolute atomic E-state index is 0.0189. The van der Waals surface area contributed by atoms with Crippen LogP contribution in [0.3, 0.4) is 0 Å². The lowest BCUT2D eigenvalue weighted by atomic mass is 10.1. The number of halogens is 2. The Morgan fingerprint density at radius 3 is 2.66 bits per heavy atom. The first-order valence-corrected chi connectivity index (χ1v) is 13.3. The van der Waals surface area contributed by atoms with Crippen molar-refractivity contribution in [1.82, 2.24) is 9.66 Å². The van der Waals surface area contributed by atoms with Crippen LogP contribution in [0.4, 0.5) is 5.69 Å². The molecule has 1 aromatic heterocycles. The minimum Gasteiger partial charge on any atom is -0.493 e. The number of nitrogens with zero attached hydrogens (tertiary/aromatic N) is 4. The van der Waals surface area contributed by atoms with Crippen LogP contribution >= 0.6 is 31.9 Å². The van der Waals surface area contributed by atoms with Gasteiger partial charge in [0.1, 0.15) is 12.4 Å². The summed E-state index contributed by atoms with van der Waals surface area (Å²) >= 11 is 6.90. The van der Waals surface area contributed by atoms with E-state index in [0.717, 1.165) is 10.9 Å². The molecule has 38 heavy (non-hydrogen) atoms. The number of nitro groups is 1. The summed E-state index contributed by atoms with van der Waals surface area (Å²) in [4.78, 5) is 28.9. The molecule has 0 radical (unpaired) electrons. The number of fused-ring (bicyclic) bond motifs is 1. The molecule has 0 amide bonds. The van der Waals surface area contributed by atoms with Gasteiger partial charge in [0.05, 0.1) is 29.2 Å². The SMILES string of the molecule is CC[C@@H](C)c1nc2ccc(Br)cc2c(=O)n1N=Cc1cc(Br)cc(OC)c1OCc1cccc([N+](=O)[O-])c1. The van der Waals surface area contributed by atoms with Gasteiger partial charge in [0.15, 0.2) is 11.5 Å². The normalized spacial score (nSPS) is 12.1. The van der Waals surface area contributed by atoms with E-state index in [4.69, 9.17) is 14.5 Å². The Labute approximate surface area is 235 Å². The second kappa shape index (κ2) is 11.9. The van der Waals surface area contributed by atoms with Gasteiger partial charge in [0.2, 0.25) is 0 Å². The highest BCUT2D eigenvalue weighted by molar-refractivity contribution is 9.10. The summed E-state index contributed by atoms with van der Waals surface area (Å²) in [6, 6.07) is 15.1. The molecule has 0 saturated carbocycles. The highest BCUT2D eigenvalue weighted by Gasteiger charge is 2.17. The fourth-order valence-electron chi connectivity index (χ4n) is 3.81. The van der Waals surface area contributed by atoms with E-state index >= 15 is 0 Å². The molecule has 4 aromatic rings. The fourth-order valence-corrected chi connectivity index (χ4v) is 4.62. The lowest BCUT2D eigenvalue weighted by Crippen LogP contribution is -2.23. The van der Waals surface area contributed by atoms with Gasteiger partial charge >= 0.3 is 0 Å². The van der Waals surface area contributed by atoms with Gasteiger partial charge in [-0.3, -0.25) is 14.9 Å². The Hall–Kier alpha value is -3.57. The molecule has 11 heteroatoms. The zero-order valence-corrected chi connectivity index (χ0v) is 24.0. The Bertz CT molecular complexity index is 1600. The molecule has 0 fully saturated rings. The molecule has 4 rings (SSSR count). The molecule has 0 bridgehead atoms. The van der Waals surface area contributed by atoms with Crippen molar-refractivity contribution in [2.24, 2.45) is 5.10 Å². The number of nitro benzene ring substituents is 1. The fraction of sp³-hybridized carbons (Fsp3) is 0.222. The van der Waals surface area contributed by atoms with Crippen LogP contribution in [0.2, 0.25) is 0 Å². The maximum Gasteiger partial charge on any atom is 0.282 e. The molecule has 0 N–H and O–H groups in total. The van der Waals surface area contributed by atoms with Crippen molar-refractivity contribution in [3.8, 4) is 11.5 Å². The maximum atomic E-state index is 13.5. The Morgan fingerprint density at radius 2 is 1.95 bits per heavy atom. The van der Waals surface area contributed by atoms with Gasteiger partial charge in [-0.25, -0.2) is 4.98 Å². The van der Waals surface area contributed by atoms with Crippen LogP contribution in [0, 0.1) is 10.1 Å². The first-order chi connectivity index (χ1) is 18.2. The molecule has 0 unspecified atom stereocenters. The van der Waals surface area contributed by atoms with Gasteiger partial charge in [-0.05, 0) is 42.3 Å². The van der Waals surface area contributed by atoms with Crippen LogP contribution in [-0.2, 0) is 6.61 Å². The number of methoxy groups -OCH3 is 1. The monoisotopic (exact) mass is 642 g/mol. The molecule has 196 valence electrons. The third kappa shape index (κ3) is 5.94. The highest BCUT2D eigenvalue weighted by Crippen LogP contribution is 2.35. The topological polar surface area (TPSA) is 109 Å². The Balaban J connectivity index is 1.79. The number of rotatable bonds is 9. The Kier molecular flexibility index (Phi) is 8.58. The van der Waals surface area contributed by atoms with E-state index in [1.54, 1.807) is 36.4 Å². The number of benzene rings is 3. The summed E-state index contributed by atoms with van der Waals surface area (Å²) in [5, 5.41) is 16.1. The van der Waals surface area contributed by atoms with Gasteiger partial charge in [-0.15, -0.1) is 0 Å². The van der Waals surface area contributed by atoms with Crippen LogP contribution in [0.5, 0.6) is 11.5 Å². The van der Waals surface area contributed by atoms with E-state index in [9.17, 15) is 14.9 Å². The molecule has 0 saturated heterocycles. The highest BCUT2D eigenvalue weighted by atomic mass is 79.9. The summed E-state index contributed by atoms with van der Waals surface area (Å²) in [6.45, 7) is 4.08. The summed E-state index contributed by atoms with van der Waals surface area (Å²) < 4.78 is 14.4. The van der Waals surface area contributed by atoms with E-state index in [1.165, 1.54) is 30.1 Å². The van der Waals surface area contributed by atoms with Gasteiger partial charge in [0.25, 0.3) is 11.2 Å². The molecule has 1 heterocycles. The van der Waals surface area contributed by atoms with Crippen molar-refractivity contribution in [3.63, 3.8) is 0 Å². The smallest absolute Gasteiger partial charge is 0.282 e. The van der Waals surface area contributed by atoms with Crippen molar-refractivity contribution in [3.05, 3.63) is 101 Å². The molecule has 9 nitrogen and oxygen atoms in total. The van der Waals surface area contributed by atoms with Crippen molar-refractivity contribution >= 4 is 54.7 Å². The molecular weight excluding hydrogens is 620 g/mol. The maximum absolute atomic E-state index is 13.5. The molecule has 0 spiro atoms. The van der Waals surface area contributed by atoms with E-state index in [0.29, 0.717) is 43.8 Å². The van der Waals surface area contributed by atoms with Gasteiger partial charge in [0, 0.05) is 32.6 Å². The second-order valence-electron chi connectivity index (χ2n) is 8.54. The van der Waals surface area contributed by atoms with E-state index in [1.807, 2.05) is 19.9 Å². The van der Waals surface area contributed by atoms with Crippen LogP contribution in [0.15, 0.2) is 73.4 Å². The van der Waals surface area contributed by atoms with Gasteiger partial charge in [-0.2, -0.15) is 9.78 Å². The quantitative estimate of drug-likeness (QED) is 0.113. The standard InChI is InChI=1S/C27H24Br2N4O5/c1-4-16(2)26-31-23-9-8-19(28)12-22(23)27(34)32(26)30-14-18-11-20(29)13-24(37-3)25(18)38-15-17-6-5-7-21(10-17)33(35)36/h5-14,16H,4,15H2,1-3H3/t16-/m1/s1. The van der Waals surface area contributed by atoms with Crippen molar-refractivity contribution in [2.75, 3.05) is 7.11 Å². The van der Waals surface area contributed by atoms with Gasteiger partial charge < -0.3 is 9.47 Å². The van der Waals surface area contributed by atoms with Crippen LogP contribution < -0.4 is 15.0 Å². The summed E-state index contributed by atoms with van der Waals surface area (Å²) in [5.41, 5.74) is 1.45. The predicted molar refractivity (Wildman–Crippen MR) is 154 cm³/mol. The largest absolute Gasteiger partial charge is 0.493 e. The summed E-state index contributed by atoms with van der Waals surface area (Å²) in [5.74, 6) is 1.33. The lowest BCUT2D eigenvalue weighted by Gasteiger charge is -2.15. The molecule has 0 aliphatic heterocycles. The van der Waals surface area contributed by atoms with Gasteiger partial charge in [-0.1, -0.05) is 57.8 Å². The molecule has 3 aromatic carbocycles. The average molecular weight is 644 g/mol. The van der Waals surface area contributed by atoms with Crippen LogP contribution in [0.25, 0.3) is 10.9 Å². The Morgan fingerprint density at radius 1 is 1.16 bits per heavy atom. The summed E-state index contributed by atoms with van der Waals surface area (Å²) in [7, 11) is 1.51. The third-order valence-electron chi connectivity index (χ3n) is 5.97. The zero-order valence-electron chi connectivity index (χ0n) is 20.9. The van der Waals surface area contributed by atoms with Crippen molar-refractivity contribution in [2.45, 2.75) is 32.8 Å². The van der Waals surface area contributed by atoms with Crippen LogP contribution in [-0.4, -0.2) is 27.9 Å². The zero-order chi connectivity index (χ0) is 27.4. The first kappa shape index (κ1) is 27.5. The van der Waals surface area contributed by atoms with Crippen molar-refractivity contribution < 1.29 is 14.4 Å². The van der Waals surface area contributed by atoms with E-state index < -0.39 is 4.92 Å². The predicted octanol–water partition coefficient (Wildman–Crippen LogP) is 6.81. The van der Waals surface area contributed by atoms with E-state index in [2.05, 4.69) is 37.0 Å². The number of hydrogen-bond acceptors (Lipinski definition) is 7. The number of hydrogen-bond donors (Lipinski definition) is 0. The average Bonchev–Trinajstić information content (AvgIpc) is 2.91. The van der Waals surface area contributed by atoms with E-state index in [-0.39, 0.29) is 23.8 Å². The summed E-state index contributed by atoms with van der Waals surface area (Å²) in [6.07, 6.45) is 2.29. The third-order valence-corrected chi connectivity index (χ3v) is 6.92. The minimum atomic E-state index is -0.454. The van der Waals surface area contributed by atoms with Crippen LogP contribution in [0.1, 0.15) is 43.1 Å². The molecule has 0 aliphatic rings. The molecule has 1 atom stereocenters. The first-order valence-electron chi connectivity index (χ1n) is 11.7. The van der Waals surface area contributed by atoms with Crippen molar-refractivity contribution in [1.29, 1.82) is 0 Å². The molecular formula is C27H24Br2N4O5. The lowest BCUT2D eigenvalue weighted by molar-refractivity contribution is -0.384. The number of non-ortho nitro benzene ring substituents is 1. The molecule has 0 aliphatic carbocycles. The number of ether oxygens (including phenoxy) is 2. The number of aromatic nitrogens is 2.